The number of hydrogen-bond donors (Lipinski definition) is 2. The first-order valence-corrected chi connectivity index (χ1v) is 10.4. The minimum Gasteiger partial charge on any atom is -0.355 e. The zero-order chi connectivity index (χ0) is 18.4. The second kappa shape index (κ2) is 8.78. The lowest BCUT2D eigenvalue weighted by atomic mass is 9.99. The molecule has 1 aliphatic rings. The van der Waals surface area contributed by atoms with Crippen LogP contribution in [0.25, 0.3) is 0 Å². The Hall–Kier alpha value is -1.44. The van der Waals surface area contributed by atoms with E-state index in [0.29, 0.717) is 43.3 Å². The van der Waals surface area contributed by atoms with Crippen molar-refractivity contribution in [2.75, 3.05) is 26.2 Å². The molecule has 1 aromatic rings. The van der Waals surface area contributed by atoms with Crippen LogP contribution in [0.2, 0.25) is 0 Å². The number of amides is 1. The summed E-state index contributed by atoms with van der Waals surface area (Å²) in [5.74, 6) is -0.0192. The number of nitrogens with two attached hydrogens (primary N) is 1. The summed E-state index contributed by atoms with van der Waals surface area (Å²) < 4.78 is 27.2. The Balaban J connectivity index is 2.11. The summed E-state index contributed by atoms with van der Waals surface area (Å²) in [7, 11) is -3.57. The Morgan fingerprint density at radius 1 is 1.36 bits per heavy atom. The smallest absolute Gasteiger partial charge is 0.243 e. The molecule has 25 heavy (non-hydrogen) atoms. The second-order valence-electron chi connectivity index (χ2n) is 6.66. The minimum absolute atomic E-state index is 0.113. The molecule has 0 aliphatic carbocycles. The van der Waals surface area contributed by atoms with E-state index in [4.69, 9.17) is 5.73 Å². The predicted molar refractivity (Wildman–Crippen MR) is 98.7 cm³/mol. The van der Waals surface area contributed by atoms with E-state index in [-0.39, 0.29) is 18.4 Å². The van der Waals surface area contributed by atoms with Crippen LogP contribution in [0.5, 0.6) is 0 Å². The molecule has 2 atom stereocenters. The highest BCUT2D eigenvalue weighted by Crippen LogP contribution is 2.26. The zero-order valence-electron chi connectivity index (χ0n) is 15.1. The van der Waals surface area contributed by atoms with Gasteiger partial charge in [-0.1, -0.05) is 26.0 Å². The molecule has 2 unspecified atom stereocenters. The van der Waals surface area contributed by atoms with Gasteiger partial charge in [0.05, 0.1) is 10.8 Å². The molecule has 2 rings (SSSR count). The summed E-state index contributed by atoms with van der Waals surface area (Å²) in [6, 6.07) is 7.12. The lowest BCUT2D eigenvalue weighted by Gasteiger charge is -2.31. The number of nitrogens with zero attached hydrogens (tertiary/aromatic N) is 1. The van der Waals surface area contributed by atoms with E-state index < -0.39 is 10.0 Å². The average molecular weight is 368 g/mol. The predicted octanol–water partition coefficient (Wildman–Crippen LogP) is 1.68. The van der Waals surface area contributed by atoms with E-state index in [2.05, 4.69) is 19.2 Å². The normalized spacial score (nSPS) is 20.2. The van der Waals surface area contributed by atoms with Crippen molar-refractivity contribution in [2.24, 2.45) is 11.7 Å². The van der Waals surface area contributed by atoms with Crippen molar-refractivity contribution < 1.29 is 13.2 Å². The first kappa shape index (κ1) is 19.9. The second-order valence-corrected chi connectivity index (χ2v) is 8.60. The molecule has 0 radical (unpaired) electrons. The topological polar surface area (TPSA) is 92.5 Å². The number of benzene rings is 1. The van der Waals surface area contributed by atoms with Crippen molar-refractivity contribution in [3.63, 3.8) is 0 Å². The van der Waals surface area contributed by atoms with Gasteiger partial charge in [0.15, 0.2) is 0 Å². The highest BCUT2D eigenvalue weighted by atomic mass is 32.2. The van der Waals surface area contributed by atoms with E-state index >= 15 is 0 Å². The molecular formula is C18H29N3O3S. The summed E-state index contributed by atoms with van der Waals surface area (Å²) in [5, 5.41) is 2.75. The molecule has 3 N–H and O–H groups in total. The highest BCUT2D eigenvalue weighted by molar-refractivity contribution is 7.89. The SMILES string of the molecule is CCC(C)c1ccc(S(=O)(=O)N2CCCC(C(=O)NCCN)C2)cc1. The van der Waals surface area contributed by atoms with E-state index in [1.165, 1.54) is 4.31 Å². The van der Waals surface area contributed by atoms with Crippen LogP contribution in [0.3, 0.4) is 0 Å². The minimum atomic E-state index is -3.57. The van der Waals surface area contributed by atoms with Gasteiger partial charge in [0.1, 0.15) is 0 Å². The summed E-state index contributed by atoms with van der Waals surface area (Å²) in [6.45, 7) is 5.71. The maximum Gasteiger partial charge on any atom is 0.243 e. The maximum absolute atomic E-state index is 12.9. The molecule has 1 amide bonds. The van der Waals surface area contributed by atoms with Gasteiger partial charge in [0, 0.05) is 26.2 Å². The van der Waals surface area contributed by atoms with Crippen molar-refractivity contribution in [3.05, 3.63) is 29.8 Å². The molecule has 6 nitrogen and oxygen atoms in total. The molecular weight excluding hydrogens is 338 g/mol. The van der Waals surface area contributed by atoms with Gasteiger partial charge in [0.25, 0.3) is 0 Å². The number of sulfonamides is 1. The van der Waals surface area contributed by atoms with Crippen LogP contribution in [-0.2, 0) is 14.8 Å². The summed E-state index contributed by atoms with van der Waals surface area (Å²) >= 11 is 0. The summed E-state index contributed by atoms with van der Waals surface area (Å²) in [6.07, 6.45) is 2.40. The molecule has 1 heterocycles. The fourth-order valence-corrected chi connectivity index (χ4v) is 4.59. The van der Waals surface area contributed by atoms with E-state index in [1.54, 1.807) is 12.1 Å². The number of rotatable bonds is 7. The van der Waals surface area contributed by atoms with Crippen molar-refractivity contribution in [1.82, 2.24) is 9.62 Å². The van der Waals surface area contributed by atoms with Crippen molar-refractivity contribution >= 4 is 15.9 Å². The Morgan fingerprint density at radius 3 is 2.64 bits per heavy atom. The number of hydrogen-bond acceptors (Lipinski definition) is 4. The van der Waals surface area contributed by atoms with Crippen LogP contribution >= 0.6 is 0 Å². The van der Waals surface area contributed by atoms with Gasteiger partial charge in [-0.15, -0.1) is 0 Å². The lowest BCUT2D eigenvalue weighted by Crippen LogP contribution is -2.46. The van der Waals surface area contributed by atoms with Gasteiger partial charge in [-0.25, -0.2) is 8.42 Å². The number of piperidine rings is 1. The largest absolute Gasteiger partial charge is 0.355 e. The molecule has 1 saturated heterocycles. The van der Waals surface area contributed by atoms with Gasteiger partial charge in [-0.05, 0) is 42.9 Å². The van der Waals surface area contributed by atoms with Crippen LogP contribution in [0.1, 0.15) is 44.6 Å². The zero-order valence-corrected chi connectivity index (χ0v) is 15.9. The highest BCUT2D eigenvalue weighted by Gasteiger charge is 2.33. The standard InChI is InChI=1S/C18H29N3O3S/c1-3-14(2)15-6-8-17(9-7-15)25(23,24)21-12-4-5-16(13-21)18(22)20-11-10-19/h6-9,14,16H,3-5,10-13,19H2,1-2H3,(H,20,22). The van der Waals surface area contributed by atoms with Gasteiger partial charge in [-0.3, -0.25) is 4.79 Å². The van der Waals surface area contributed by atoms with Crippen molar-refractivity contribution in [1.29, 1.82) is 0 Å². The lowest BCUT2D eigenvalue weighted by molar-refractivity contribution is -0.126. The van der Waals surface area contributed by atoms with Crippen LogP contribution in [-0.4, -0.2) is 44.8 Å². The molecule has 0 spiro atoms. The van der Waals surface area contributed by atoms with Gasteiger partial charge >= 0.3 is 0 Å². The molecule has 0 bridgehead atoms. The van der Waals surface area contributed by atoms with Gasteiger partial charge in [-0.2, -0.15) is 4.31 Å². The fourth-order valence-electron chi connectivity index (χ4n) is 3.07. The Morgan fingerprint density at radius 2 is 2.04 bits per heavy atom. The summed E-state index contributed by atoms with van der Waals surface area (Å²) in [4.78, 5) is 12.4. The molecule has 140 valence electrons. The van der Waals surface area contributed by atoms with Crippen LogP contribution < -0.4 is 11.1 Å². The number of nitrogens with one attached hydrogen (secondary N) is 1. The van der Waals surface area contributed by atoms with E-state index in [1.807, 2.05) is 12.1 Å². The average Bonchev–Trinajstić information content (AvgIpc) is 2.65. The van der Waals surface area contributed by atoms with Crippen molar-refractivity contribution in [3.8, 4) is 0 Å². The van der Waals surface area contributed by atoms with E-state index in [9.17, 15) is 13.2 Å². The van der Waals surface area contributed by atoms with Crippen LogP contribution in [0, 0.1) is 5.92 Å². The third kappa shape index (κ3) is 4.80. The molecule has 1 fully saturated rings. The Labute approximate surface area is 150 Å². The summed E-state index contributed by atoms with van der Waals surface area (Å²) in [5.41, 5.74) is 6.54. The third-order valence-electron chi connectivity index (χ3n) is 4.90. The molecule has 1 aliphatic heterocycles. The van der Waals surface area contributed by atoms with E-state index in [0.717, 1.165) is 12.0 Å². The van der Waals surface area contributed by atoms with Crippen molar-refractivity contribution in [2.45, 2.75) is 43.9 Å². The number of carbonyl (C=O) groups is 1. The van der Waals surface area contributed by atoms with Crippen LogP contribution in [0.15, 0.2) is 29.2 Å². The Kier molecular flexibility index (Phi) is 6.98. The maximum atomic E-state index is 12.9. The third-order valence-corrected chi connectivity index (χ3v) is 6.78. The first-order valence-electron chi connectivity index (χ1n) is 8.98. The molecule has 0 saturated carbocycles. The quantitative estimate of drug-likeness (QED) is 0.767. The van der Waals surface area contributed by atoms with Gasteiger partial charge < -0.3 is 11.1 Å². The number of carbonyl (C=O) groups excluding carboxylic acids is 1. The van der Waals surface area contributed by atoms with Crippen LogP contribution in [0.4, 0.5) is 0 Å². The molecule has 7 heteroatoms. The first-order chi connectivity index (χ1) is 11.9. The fraction of sp³-hybridized carbons (Fsp3) is 0.611. The van der Waals surface area contributed by atoms with Gasteiger partial charge in [0.2, 0.25) is 15.9 Å². The monoisotopic (exact) mass is 367 g/mol. The molecule has 1 aromatic carbocycles. The Bertz CT molecular complexity index is 673. The molecule has 0 aromatic heterocycles.